The molecule has 0 fully saturated rings. The van der Waals surface area contributed by atoms with E-state index in [0.29, 0.717) is 0 Å². The van der Waals surface area contributed by atoms with Crippen molar-refractivity contribution in [1.29, 1.82) is 0 Å². The molecule has 0 bridgehead atoms. The fourth-order valence-corrected chi connectivity index (χ4v) is 1.93. The van der Waals surface area contributed by atoms with E-state index in [-0.39, 0.29) is 29.9 Å². The molecule has 2 aromatic rings. The van der Waals surface area contributed by atoms with Gasteiger partial charge in [-0.3, -0.25) is 19.7 Å². The van der Waals surface area contributed by atoms with Crippen molar-refractivity contribution < 1.29 is 23.3 Å². The molecule has 25 heavy (non-hydrogen) atoms. The van der Waals surface area contributed by atoms with Crippen molar-refractivity contribution in [1.82, 2.24) is 5.32 Å². The number of nitrogens with zero attached hydrogens (tertiary/aromatic N) is 1. The Morgan fingerprint density at radius 3 is 2.40 bits per heavy atom. The molecule has 0 aromatic heterocycles. The average Bonchev–Trinajstić information content (AvgIpc) is 2.58. The minimum atomic E-state index is -0.773. The summed E-state index contributed by atoms with van der Waals surface area (Å²) in [4.78, 5) is 33.5. The molecular weight excluding hydrogens is 336 g/mol. The minimum absolute atomic E-state index is 0.0431. The first-order valence-corrected chi connectivity index (χ1v) is 7.14. The molecule has 9 heteroatoms. The number of rotatable bonds is 6. The summed E-state index contributed by atoms with van der Waals surface area (Å²) in [5, 5.41) is 15.2. The molecule has 0 saturated carbocycles. The van der Waals surface area contributed by atoms with E-state index in [2.05, 4.69) is 10.6 Å². The van der Waals surface area contributed by atoms with Gasteiger partial charge < -0.3 is 10.6 Å². The van der Waals surface area contributed by atoms with Gasteiger partial charge in [0.15, 0.2) is 0 Å². The van der Waals surface area contributed by atoms with Crippen LogP contribution in [0.3, 0.4) is 0 Å². The van der Waals surface area contributed by atoms with Crippen molar-refractivity contribution in [2.45, 2.75) is 6.42 Å². The summed E-state index contributed by atoms with van der Waals surface area (Å²) in [6.07, 6.45) is -0.158. The monoisotopic (exact) mass is 349 g/mol. The first-order chi connectivity index (χ1) is 11.9. The zero-order valence-corrected chi connectivity index (χ0v) is 12.8. The van der Waals surface area contributed by atoms with Gasteiger partial charge in [-0.15, -0.1) is 0 Å². The predicted molar refractivity (Wildman–Crippen MR) is 85.0 cm³/mol. The number of carbonyl (C=O) groups is 2. The predicted octanol–water partition coefficient (Wildman–Crippen LogP) is 2.63. The van der Waals surface area contributed by atoms with Gasteiger partial charge in [0, 0.05) is 36.7 Å². The molecule has 7 nitrogen and oxygen atoms in total. The molecule has 0 aliphatic carbocycles. The lowest BCUT2D eigenvalue weighted by molar-refractivity contribution is -0.384. The lowest BCUT2D eigenvalue weighted by Gasteiger charge is -2.08. The van der Waals surface area contributed by atoms with Crippen LogP contribution in [0.1, 0.15) is 16.8 Å². The SMILES string of the molecule is O=C(CCNC(=O)c1ccc([N+](=O)[O-])cc1)Nc1cc(F)ccc1F. The molecule has 2 aromatic carbocycles. The van der Waals surface area contributed by atoms with Gasteiger partial charge in [0.2, 0.25) is 5.91 Å². The second-order valence-electron chi connectivity index (χ2n) is 4.98. The van der Waals surface area contributed by atoms with Crippen molar-refractivity contribution in [2.75, 3.05) is 11.9 Å². The van der Waals surface area contributed by atoms with Crippen LogP contribution in [0.2, 0.25) is 0 Å². The topological polar surface area (TPSA) is 101 Å². The highest BCUT2D eigenvalue weighted by Crippen LogP contribution is 2.15. The highest BCUT2D eigenvalue weighted by molar-refractivity contribution is 5.95. The van der Waals surface area contributed by atoms with E-state index in [1.165, 1.54) is 24.3 Å². The molecule has 0 saturated heterocycles. The number of benzene rings is 2. The molecule has 130 valence electrons. The Balaban J connectivity index is 1.83. The maximum absolute atomic E-state index is 13.4. The summed E-state index contributed by atoms with van der Waals surface area (Å²) in [7, 11) is 0. The van der Waals surface area contributed by atoms with Crippen LogP contribution in [-0.4, -0.2) is 23.3 Å². The van der Waals surface area contributed by atoms with Gasteiger partial charge in [0.05, 0.1) is 10.6 Å². The van der Waals surface area contributed by atoms with E-state index in [4.69, 9.17) is 0 Å². The zero-order valence-electron chi connectivity index (χ0n) is 12.8. The summed E-state index contributed by atoms with van der Waals surface area (Å²) < 4.78 is 26.4. The van der Waals surface area contributed by atoms with Crippen molar-refractivity contribution >= 4 is 23.2 Å². The number of hydrogen-bond acceptors (Lipinski definition) is 4. The average molecular weight is 349 g/mol. The Hall–Kier alpha value is -3.36. The van der Waals surface area contributed by atoms with E-state index in [1.807, 2.05) is 0 Å². The first kappa shape index (κ1) is 18.0. The number of carbonyl (C=O) groups excluding carboxylic acids is 2. The van der Waals surface area contributed by atoms with E-state index < -0.39 is 28.4 Å². The van der Waals surface area contributed by atoms with Crippen LogP contribution in [-0.2, 0) is 4.79 Å². The van der Waals surface area contributed by atoms with Gasteiger partial charge in [-0.25, -0.2) is 8.78 Å². The number of non-ortho nitro benzene ring substituents is 1. The lowest BCUT2D eigenvalue weighted by atomic mass is 10.2. The van der Waals surface area contributed by atoms with E-state index in [1.54, 1.807) is 0 Å². The molecule has 0 atom stereocenters. The maximum atomic E-state index is 13.4. The second kappa shape index (κ2) is 7.95. The number of amides is 2. The third-order valence-electron chi connectivity index (χ3n) is 3.18. The smallest absolute Gasteiger partial charge is 0.269 e. The molecule has 2 amide bonds. The molecule has 0 radical (unpaired) electrons. The fraction of sp³-hybridized carbons (Fsp3) is 0.125. The van der Waals surface area contributed by atoms with Crippen LogP contribution in [0, 0.1) is 21.7 Å². The molecule has 0 aliphatic rings. The van der Waals surface area contributed by atoms with E-state index in [9.17, 15) is 28.5 Å². The van der Waals surface area contributed by atoms with Crippen molar-refractivity contribution in [2.24, 2.45) is 0 Å². The van der Waals surface area contributed by atoms with Crippen molar-refractivity contribution in [3.05, 3.63) is 69.8 Å². The van der Waals surface area contributed by atoms with Crippen LogP contribution in [0.25, 0.3) is 0 Å². The number of nitrogens with one attached hydrogen (secondary N) is 2. The number of halogens is 2. The van der Waals surface area contributed by atoms with Gasteiger partial charge in [0.25, 0.3) is 11.6 Å². The summed E-state index contributed by atoms with van der Waals surface area (Å²) in [5.74, 6) is -2.58. The standard InChI is InChI=1S/C16H13F2N3O4/c17-11-3-6-13(18)14(9-11)20-15(22)7-8-19-16(23)10-1-4-12(5-2-10)21(24)25/h1-6,9H,7-8H2,(H,19,23)(H,20,22). The molecule has 0 aliphatic heterocycles. The van der Waals surface area contributed by atoms with Gasteiger partial charge in [0.1, 0.15) is 11.6 Å². The van der Waals surface area contributed by atoms with E-state index in [0.717, 1.165) is 18.2 Å². The Morgan fingerprint density at radius 1 is 1.08 bits per heavy atom. The highest BCUT2D eigenvalue weighted by atomic mass is 19.1. The Bertz CT molecular complexity index is 810. The van der Waals surface area contributed by atoms with Crippen molar-refractivity contribution in [3.63, 3.8) is 0 Å². The van der Waals surface area contributed by atoms with Crippen LogP contribution < -0.4 is 10.6 Å². The van der Waals surface area contributed by atoms with Crippen LogP contribution in [0.5, 0.6) is 0 Å². The maximum Gasteiger partial charge on any atom is 0.269 e. The Labute approximate surface area is 140 Å². The third kappa shape index (κ3) is 5.06. The Morgan fingerprint density at radius 2 is 1.76 bits per heavy atom. The quantitative estimate of drug-likeness (QED) is 0.618. The van der Waals surface area contributed by atoms with Crippen LogP contribution in [0.15, 0.2) is 42.5 Å². The summed E-state index contributed by atoms with van der Waals surface area (Å²) in [5.41, 5.74) is -0.234. The Kier molecular flexibility index (Phi) is 5.72. The zero-order chi connectivity index (χ0) is 18.4. The molecule has 0 unspecified atom stereocenters. The molecule has 2 N–H and O–H groups in total. The van der Waals surface area contributed by atoms with Crippen LogP contribution >= 0.6 is 0 Å². The third-order valence-corrected chi connectivity index (χ3v) is 3.18. The molecular formula is C16H13F2N3O4. The summed E-state index contributed by atoms with van der Waals surface area (Å²) in [6, 6.07) is 7.62. The lowest BCUT2D eigenvalue weighted by Crippen LogP contribution is -2.27. The largest absolute Gasteiger partial charge is 0.352 e. The minimum Gasteiger partial charge on any atom is -0.352 e. The summed E-state index contributed by atoms with van der Waals surface area (Å²) >= 11 is 0. The number of nitro benzene ring substituents is 1. The second-order valence-corrected chi connectivity index (χ2v) is 4.98. The van der Waals surface area contributed by atoms with Gasteiger partial charge >= 0.3 is 0 Å². The number of nitro groups is 1. The van der Waals surface area contributed by atoms with Gasteiger partial charge in [-0.1, -0.05) is 0 Å². The highest BCUT2D eigenvalue weighted by Gasteiger charge is 2.11. The molecule has 2 rings (SSSR count). The summed E-state index contributed by atoms with van der Waals surface area (Å²) in [6.45, 7) is -0.0431. The molecule has 0 heterocycles. The van der Waals surface area contributed by atoms with Crippen molar-refractivity contribution in [3.8, 4) is 0 Å². The van der Waals surface area contributed by atoms with Crippen LogP contribution in [0.4, 0.5) is 20.2 Å². The van der Waals surface area contributed by atoms with Gasteiger partial charge in [-0.05, 0) is 24.3 Å². The number of hydrogen-bond donors (Lipinski definition) is 2. The fourth-order valence-electron chi connectivity index (χ4n) is 1.93. The van der Waals surface area contributed by atoms with E-state index >= 15 is 0 Å². The van der Waals surface area contributed by atoms with Gasteiger partial charge in [-0.2, -0.15) is 0 Å². The normalized spacial score (nSPS) is 10.2. The molecule has 0 spiro atoms. The first-order valence-electron chi connectivity index (χ1n) is 7.14. The number of anilines is 1.